The normalized spacial score (nSPS) is 52.0. The van der Waals surface area contributed by atoms with E-state index < -0.39 is 5.60 Å². The molecule has 1 heterocycles. The van der Waals surface area contributed by atoms with Gasteiger partial charge in [-0.2, -0.15) is 0 Å². The molecule has 124 valence electrons. The topological polar surface area (TPSA) is 46.5 Å². The summed E-state index contributed by atoms with van der Waals surface area (Å²) in [4.78, 5) is 11.8. The van der Waals surface area contributed by atoms with E-state index in [4.69, 9.17) is 11.2 Å². The maximum atomic E-state index is 11.8. The molecule has 2 saturated carbocycles. The number of hydrogen-bond donors (Lipinski definition) is 1. The highest BCUT2D eigenvalue weighted by molar-refractivity contribution is 5.91. The minimum Gasteiger partial charge on any atom is -0.377 e. The van der Waals surface area contributed by atoms with Crippen molar-refractivity contribution in [2.45, 2.75) is 64.1 Å². The fraction of sp³-hybridized carbons (Fsp3) is 0.750. The van der Waals surface area contributed by atoms with Crippen molar-refractivity contribution in [1.82, 2.24) is 0 Å². The molecular weight excluding hydrogens is 288 g/mol. The van der Waals surface area contributed by atoms with Gasteiger partial charge in [-0.05, 0) is 50.0 Å². The quantitative estimate of drug-likeness (QED) is 0.699. The van der Waals surface area contributed by atoms with Crippen molar-refractivity contribution < 1.29 is 14.6 Å². The molecular formula is C20H26O3. The van der Waals surface area contributed by atoms with Crippen LogP contribution in [0.15, 0.2) is 11.6 Å². The molecule has 3 nitrogen and oxygen atoms in total. The average molecular weight is 314 g/mol. The summed E-state index contributed by atoms with van der Waals surface area (Å²) in [5.41, 5.74) is -0.119. The fourth-order valence-electron chi connectivity index (χ4n) is 6.01. The predicted octanol–water partition coefficient (Wildman–Crippen LogP) is 2.87. The largest absolute Gasteiger partial charge is 0.377 e. The second kappa shape index (κ2) is 4.71. The molecule has 0 aromatic carbocycles. The van der Waals surface area contributed by atoms with E-state index in [0.29, 0.717) is 31.3 Å². The monoisotopic (exact) mass is 314 g/mol. The van der Waals surface area contributed by atoms with Crippen LogP contribution in [0.3, 0.4) is 0 Å². The number of carbonyl (C=O) groups excluding carboxylic acids is 1. The van der Waals surface area contributed by atoms with E-state index in [1.54, 1.807) is 0 Å². The van der Waals surface area contributed by atoms with Gasteiger partial charge in [0.05, 0.1) is 12.7 Å². The van der Waals surface area contributed by atoms with Gasteiger partial charge < -0.3 is 9.84 Å². The second-order valence-corrected chi connectivity index (χ2v) is 8.55. The van der Waals surface area contributed by atoms with Crippen LogP contribution in [0.1, 0.15) is 52.4 Å². The highest BCUT2D eigenvalue weighted by atomic mass is 16.5. The summed E-state index contributed by atoms with van der Waals surface area (Å²) in [6, 6.07) is 0. The number of fused-ring (bicyclic) bond motifs is 5. The van der Waals surface area contributed by atoms with Gasteiger partial charge >= 0.3 is 0 Å². The zero-order valence-corrected chi connectivity index (χ0v) is 14.1. The van der Waals surface area contributed by atoms with Crippen molar-refractivity contribution >= 4 is 5.78 Å². The van der Waals surface area contributed by atoms with E-state index >= 15 is 0 Å². The molecule has 1 aliphatic heterocycles. The molecule has 1 N–H and O–H groups in total. The van der Waals surface area contributed by atoms with Crippen molar-refractivity contribution in [3.63, 3.8) is 0 Å². The first-order chi connectivity index (χ1) is 10.8. The maximum Gasteiger partial charge on any atom is 0.155 e. The Labute approximate surface area is 138 Å². The highest BCUT2D eigenvalue weighted by Crippen LogP contribution is 2.63. The number of terminal acetylenes is 1. The third-order valence-electron chi connectivity index (χ3n) is 7.62. The summed E-state index contributed by atoms with van der Waals surface area (Å²) in [5.74, 6) is 3.78. The van der Waals surface area contributed by atoms with Crippen LogP contribution in [-0.2, 0) is 9.53 Å². The van der Waals surface area contributed by atoms with E-state index in [9.17, 15) is 9.90 Å². The Kier molecular flexibility index (Phi) is 3.16. The number of hydrogen-bond acceptors (Lipinski definition) is 3. The Morgan fingerprint density at radius 2 is 2.09 bits per heavy atom. The number of ketones is 1. The van der Waals surface area contributed by atoms with E-state index in [-0.39, 0.29) is 22.7 Å². The molecule has 4 aliphatic rings. The highest BCUT2D eigenvalue weighted by Gasteiger charge is 2.64. The predicted molar refractivity (Wildman–Crippen MR) is 87.5 cm³/mol. The summed E-state index contributed by atoms with van der Waals surface area (Å²) in [6.45, 7) is 4.91. The summed E-state index contributed by atoms with van der Waals surface area (Å²) in [5, 5.41) is 10.9. The van der Waals surface area contributed by atoms with Crippen LogP contribution in [0, 0.1) is 35.0 Å². The summed E-state index contributed by atoms with van der Waals surface area (Å²) < 4.78 is 6.40. The van der Waals surface area contributed by atoms with Gasteiger partial charge in [0, 0.05) is 17.3 Å². The Balaban J connectivity index is 1.70. The smallest absolute Gasteiger partial charge is 0.155 e. The average Bonchev–Trinajstić information content (AvgIpc) is 2.80. The molecule has 1 saturated heterocycles. The first-order valence-electron chi connectivity index (χ1n) is 8.90. The minimum absolute atomic E-state index is 0.0188. The summed E-state index contributed by atoms with van der Waals surface area (Å²) >= 11 is 0. The molecule has 0 radical (unpaired) electrons. The van der Waals surface area contributed by atoms with E-state index in [1.807, 2.05) is 6.08 Å². The standard InChI is InChI=1S/C20H26O3/c1-4-20(22)10-8-16-15-6-5-13-11-14(21)7-9-18(13,2)17(15)23-12-19(16,20)3/h1,11,15-17,22H,5-10,12H2,2-3H3/t15?,16?,17?,18-,19+,20+/m1/s1. The number of carbonyl (C=O) groups is 1. The van der Waals surface area contributed by atoms with Crippen LogP contribution in [-0.4, -0.2) is 29.2 Å². The van der Waals surface area contributed by atoms with Crippen molar-refractivity contribution in [3.05, 3.63) is 11.6 Å². The molecule has 4 rings (SSSR count). The third kappa shape index (κ3) is 1.83. The number of allylic oxidation sites excluding steroid dienone is 1. The van der Waals surface area contributed by atoms with Crippen molar-refractivity contribution in [1.29, 1.82) is 0 Å². The molecule has 23 heavy (non-hydrogen) atoms. The van der Waals surface area contributed by atoms with Crippen LogP contribution < -0.4 is 0 Å². The lowest BCUT2D eigenvalue weighted by Crippen LogP contribution is -2.60. The van der Waals surface area contributed by atoms with Crippen LogP contribution in [0.25, 0.3) is 0 Å². The Hall–Kier alpha value is -1.11. The Morgan fingerprint density at radius 3 is 2.83 bits per heavy atom. The third-order valence-corrected chi connectivity index (χ3v) is 7.62. The van der Waals surface area contributed by atoms with Crippen molar-refractivity contribution in [3.8, 4) is 12.3 Å². The van der Waals surface area contributed by atoms with Gasteiger partial charge in [0.1, 0.15) is 5.60 Å². The first kappa shape index (κ1) is 15.4. The molecule has 0 amide bonds. The maximum absolute atomic E-state index is 11.8. The molecule has 0 aromatic heterocycles. The molecule has 3 heteroatoms. The van der Waals surface area contributed by atoms with Crippen LogP contribution >= 0.6 is 0 Å². The van der Waals surface area contributed by atoms with Crippen LogP contribution in [0.4, 0.5) is 0 Å². The molecule has 3 fully saturated rings. The molecule has 0 aromatic rings. The van der Waals surface area contributed by atoms with Gasteiger partial charge in [-0.1, -0.05) is 25.3 Å². The first-order valence-corrected chi connectivity index (χ1v) is 8.90. The van der Waals surface area contributed by atoms with Gasteiger partial charge in [0.15, 0.2) is 5.78 Å². The van der Waals surface area contributed by atoms with Crippen molar-refractivity contribution in [2.75, 3.05) is 6.61 Å². The number of rotatable bonds is 0. The lowest BCUT2D eigenvalue weighted by atomic mass is 9.54. The molecule has 6 atom stereocenters. The van der Waals surface area contributed by atoms with Crippen LogP contribution in [0.5, 0.6) is 0 Å². The number of aliphatic hydroxyl groups is 1. The fourth-order valence-corrected chi connectivity index (χ4v) is 6.01. The molecule has 0 bridgehead atoms. The summed E-state index contributed by atoms with van der Waals surface area (Å²) in [7, 11) is 0. The van der Waals surface area contributed by atoms with Crippen molar-refractivity contribution in [2.24, 2.45) is 22.7 Å². The lowest BCUT2D eigenvalue weighted by Gasteiger charge is -2.57. The zero-order valence-electron chi connectivity index (χ0n) is 14.1. The SMILES string of the molecule is C#C[C@]1(O)CCC2C3CCC4=CC(=O)CC[C@@]4(C)C3OC[C@@]21C. The van der Waals surface area contributed by atoms with Gasteiger partial charge in [0.25, 0.3) is 0 Å². The number of ether oxygens (including phenoxy) is 1. The minimum atomic E-state index is -1.04. The van der Waals surface area contributed by atoms with E-state index in [1.165, 1.54) is 5.57 Å². The lowest BCUT2D eigenvalue weighted by molar-refractivity contribution is -0.202. The van der Waals surface area contributed by atoms with Gasteiger partial charge in [0.2, 0.25) is 0 Å². The Morgan fingerprint density at radius 1 is 1.30 bits per heavy atom. The second-order valence-electron chi connectivity index (χ2n) is 8.55. The van der Waals surface area contributed by atoms with E-state index in [2.05, 4.69) is 19.8 Å². The van der Waals surface area contributed by atoms with E-state index in [0.717, 1.165) is 25.7 Å². The van der Waals surface area contributed by atoms with Gasteiger partial charge in [-0.15, -0.1) is 6.42 Å². The molecule has 0 spiro atoms. The molecule has 3 aliphatic carbocycles. The zero-order chi connectivity index (χ0) is 16.5. The Bertz CT molecular complexity index is 629. The van der Waals surface area contributed by atoms with Crippen LogP contribution in [0.2, 0.25) is 0 Å². The van der Waals surface area contributed by atoms with Gasteiger partial charge in [-0.3, -0.25) is 4.79 Å². The molecule has 3 unspecified atom stereocenters. The van der Waals surface area contributed by atoms with Gasteiger partial charge in [-0.25, -0.2) is 0 Å². The summed E-state index contributed by atoms with van der Waals surface area (Å²) in [6.07, 6.45) is 12.9.